The molecule has 0 heterocycles. The molecule has 120 valence electrons. The second-order valence-corrected chi connectivity index (χ2v) is 3.45. The Labute approximate surface area is 130 Å². The monoisotopic (exact) mass is 318 g/mol. The fraction of sp³-hybridized carbons (Fsp3) is 0.308. The second-order valence-electron chi connectivity index (χ2n) is 3.08. The zero-order chi connectivity index (χ0) is 17.1. The van der Waals surface area contributed by atoms with Crippen LogP contribution >= 0.6 is 11.6 Å². The summed E-state index contributed by atoms with van der Waals surface area (Å²) in [4.78, 5) is 30.6. The number of nitrogens with one attached hydrogen (secondary N) is 2. The maximum atomic E-state index is 10.6. The number of halogens is 1. The Bertz CT molecular complexity index is 322. The van der Waals surface area contributed by atoms with Gasteiger partial charge in [-0.2, -0.15) is 0 Å². The predicted octanol–water partition coefficient (Wildman–Crippen LogP) is -0.568. The third-order valence-corrected chi connectivity index (χ3v) is 1.58. The molecular weight excluding hydrogens is 296 g/mol. The zero-order valence-electron chi connectivity index (χ0n) is 11.9. The van der Waals surface area contributed by atoms with Crippen molar-refractivity contribution in [2.75, 3.05) is 26.2 Å². The standard InChI is InChI=1S/C8H12N2O2.C3H3ClO.C2H8N2/c1-3-7(11)9-5-6-10-8(12)4-2;1-2-3(4)5;3-1-2-4/h3-4H,1-2,5-6H2,(H,9,11)(H,10,12);2H,1H2;1-4H2. The maximum Gasteiger partial charge on any atom is 0.244 e. The van der Waals surface area contributed by atoms with E-state index in [0.717, 1.165) is 6.08 Å². The maximum absolute atomic E-state index is 10.6. The summed E-state index contributed by atoms with van der Waals surface area (Å²) < 4.78 is 0. The van der Waals surface area contributed by atoms with Crippen molar-refractivity contribution < 1.29 is 14.4 Å². The van der Waals surface area contributed by atoms with Gasteiger partial charge in [-0.25, -0.2) is 0 Å². The molecule has 0 radical (unpaired) electrons. The molecule has 0 aliphatic rings. The number of hydrogen-bond acceptors (Lipinski definition) is 5. The van der Waals surface area contributed by atoms with Crippen LogP contribution in [0.2, 0.25) is 0 Å². The van der Waals surface area contributed by atoms with Crippen LogP contribution in [0.25, 0.3) is 0 Å². The highest BCUT2D eigenvalue weighted by atomic mass is 35.5. The van der Waals surface area contributed by atoms with Crippen LogP contribution in [-0.2, 0) is 14.4 Å². The normalized spacial score (nSPS) is 7.76. The Morgan fingerprint density at radius 1 is 0.857 bits per heavy atom. The lowest BCUT2D eigenvalue weighted by Crippen LogP contribution is -2.32. The van der Waals surface area contributed by atoms with Crippen molar-refractivity contribution in [1.82, 2.24) is 10.6 Å². The van der Waals surface area contributed by atoms with Crippen molar-refractivity contribution in [2.45, 2.75) is 0 Å². The van der Waals surface area contributed by atoms with E-state index in [4.69, 9.17) is 23.1 Å². The van der Waals surface area contributed by atoms with Gasteiger partial charge in [0.25, 0.3) is 0 Å². The highest BCUT2D eigenvalue weighted by Crippen LogP contribution is 1.74. The Hall–Kier alpha value is -1.96. The Kier molecular flexibility index (Phi) is 23.3. The molecule has 0 bridgehead atoms. The van der Waals surface area contributed by atoms with Crippen molar-refractivity contribution in [3.05, 3.63) is 38.0 Å². The smallest absolute Gasteiger partial charge is 0.244 e. The number of carbonyl (C=O) groups is 3. The minimum Gasteiger partial charge on any atom is -0.351 e. The minimum absolute atomic E-state index is 0.247. The first kappa shape index (κ1) is 24.1. The number of rotatable bonds is 7. The summed E-state index contributed by atoms with van der Waals surface area (Å²) in [6.45, 7) is 11.6. The van der Waals surface area contributed by atoms with Gasteiger partial charge in [0.15, 0.2) is 0 Å². The Morgan fingerprint density at radius 3 is 1.29 bits per heavy atom. The first-order valence-electron chi connectivity index (χ1n) is 5.92. The average molecular weight is 319 g/mol. The summed E-state index contributed by atoms with van der Waals surface area (Å²) in [5.41, 5.74) is 9.81. The lowest BCUT2D eigenvalue weighted by molar-refractivity contribution is -0.118. The molecule has 0 unspecified atom stereocenters. The number of amides is 2. The van der Waals surface area contributed by atoms with Crippen LogP contribution in [0.4, 0.5) is 0 Å². The average Bonchev–Trinajstić information content (AvgIpc) is 2.51. The van der Waals surface area contributed by atoms with Crippen molar-refractivity contribution in [3.8, 4) is 0 Å². The molecule has 21 heavy (non-hydrogen) atoms. The highest BCUT2D eigenvalue weighted by Gasteiger charge is 1.93. The van der Waals surface area contributed by atoms with E-state index in [9.17, 15) is 14.4 Å². The first-order valence-corrected chi connectivity index (χ1v) is 6.29. The van der Waals surface area contributed by atoms with Gasteiger partial charge in [0.2, 0.25) is 17.1 Å². The molecule has 0 atom stereocenters. The minimum atomic E-state index is -0.509. The molecule has 2 amide bonds. The predicted molar refractivity (Wildman–Crippen MR) is 85.6 cm³/mol. The molecule has 6 N–H and O–H groups in total. The van der Waals surface area contributed by atoms with E-state index in [1.165, 1.54) is 12.2 Å². The molecule has 0 fully saturated rings. The molecule has 0 spiro atoms. The van der Waals surface area contributed by atoms with Gasteiger partial charge in [0.1, 0.15) is 0 Å². The van der Waals surface area contributed by atoms with Crippen LogP contribution in [0.3, 0.4) is 0 Å². The van der Waals surface area contributed by atoms with Crippen LogP contribution in [-0.4, -0.2) is 43.2 Å². The second kappa shape index (κ2) is 20.4. The highest BCUT2D eigenvalue weighted by molar-refractivity contribution is 6.66. The Balaban J connectivity index is -0.000000297. The summed E-state index contributed by atoms with van der Waals surface area (Å²) in [5, 5.41) is 4.50. The molecule has 0 aliphatic heterocycles. The van der Waals surface area contributed by atoms with E-state index < -0.39 is 5.24 Å². The summed E-state index contributed by atoms with van der Waals surface area (Å²) >= 11 is 4.71. The molecule has 0 aromatic heterocycles. The third kappa shape index (κ3) is 32.0. The molecule has 0 aromatic carbocycles. The van der Waals surface area contributed by atoms with E-state index in [0.29, 0.717) is 26.2 Å². The summed E-state index contributed by atoms with van der Waals surface area (Å²) in [5.74, 6) is -0.495. The van der Waals surface area contributed by atoms with Crippen molar-refractivity contribution in [2.24, 2.45) is 11.5 Å². The van der Waals surface area contributed by atoms with Gasteiger partial charge in [0, 0.05) is 26.2 Å². The SMILES string of the molecule is C=CC(=O)Cl.C=CC(=O)NCCNC(=O)C=C.NCCN. The summed E-state index contributed by atoms with van der Waals surface area (Å²) in [6.07, 6.45) is 3.40. The molecular formula is C13H23ClN4O3. The quantitative estimate of drug-likeness (QED) is 0.284. The van der Waals surface area contributed by atoms with Gasteiger partial charge < -0.3 is 22.1 Å². The van der Waals surface area contributed by atoms with Gasteiger partial charge in [0.05, 0.1) is 0 Å². The van der Waals surface area contributed by atoms with Gasteiger partial charge in [-0.1, -0.05) is 19.7 Å². The number of nitrogens with two attached hydrogens (primary N) is 2. The van der Waals surface area contributed by atoms with E-state index in [1.807, 2.05) is 0 Å². The summed E-state index contributed by atoms with van der Waals surface area (Å²) in [7, 11) is 0. The van der Waals surface area contributed by atoms with E-state index in [2.05, 4.69) is 30.4 Å². The molecule has 0 aromatic rings. The molecule has 0 saturated carbocycles. The van der Waals surface area contributed by atoms with E-state index >= 15 is 0 Å². The van der Waals surface area contributed by atoms with Crippen molar-refractivity contribution in [3.63, 3.8) is 0 Å². The van der Waals surface area contributed by atoms with Crippen molar-refractivity contribution in [1.29, 1.82) is 0 Å². The Morgan fingerprint density at radius 2 is 1.14 bits per heavy atom. The first-order chi connectivity index (χ1) is 9.89. The lowest BCUT2D eigenvalue weighted by Gasteiger charge is -2.01. The lowest BCUT2D eigenvalue weighted by atomic mass is 10.5. The van der Waals surface area contributed by atoms with Crippen molar-refractivity contribution >= 4 is 28.7 Å². The molecule has 7 nitrogen and oxygen atoms in total. The van der Waals surface area contributed by atoms with Crippen LogP contribution < -0.4 is 22.1 Å². The van der Waals surface area contributed by atoms with Gasteiger partial charge in [-0.3, -0.25) is 14.4 Å². The fourth-order valence-electron chi connectivity index (χ4n) is 0.516. The number of hydrogen-bond donors (Lipinski definition) is 4. The number of allylic oxidation sites excluding steroid dienone is 1. The molecule has 0 saturated heterocycles. The van der Waals surface area contributed by atoms with Crippen LogP contribution in [0.5, 0.6) is 0 Å². The fourth-order valence-corrected chi connectivity index (χ4v) is 0.516. The number of carbonyl (C=O) groups excluding carboxylic acids is 3. The zero-order valence-corrected chi connectivity index (χ0v) is 12.7. The van der Waals surface area contributed by atoms with E-state index in [-0.39, 0.29) is 11.8 Å². The van der Waals surface area contributed by atoms with Crippen LogP contribution in [0.15, 0.2) is 38.0 Å². The van der Waals surface area contributed by atoms with Crippen LogP contribution in [0, 0.1) is 0 Å². The van der Waals surface area contributed by atoms with Crippen LogP contribution in [0.1, 0.15) is 0 Å². The van der Waals surface area contributed by atoms with Gasteiger partial charge >= 0.3 is 0 Å². The largest absolute Gasteiger partial charge is 0.351 e. The van der Waals surface area contributed by atoms with E-state index in [1.54, 1.807) is 0 Å². The topological polar surface area (TPSA) is 127 Å². The molecule has 0 rings (SSSR count). The summed E-state index contributed by atoms with van der Waals surface area (Å²) in [6, 6.07) is 0. The molecule has 8 heteroatoms. The third-order valence-electron chi connectivity index (χ3n) is 1.42. The van der Waals surface area contributed by atoms with Gasteiger partial charge in [-0.05, 0) is 29.8 Å². The molecule has 0 aliphatic carbocycles. The van der Waals surface area contributed by atoms with Gasteiger partial charge in [-0.15, -0.1) is 0 Å².